The molecule has 2 aliphatic rings. The monoisotopic (exact) mass is 424 g/mol. The molecule has 2 aliphatic heterocycles. The molecule has 3 aromatic rings. The quantitative estimate of drug-likeness (QED) is 0.617. The Morgan fingerprint density at radius 2 is 1.78 bits per heavy atom. The second-order valence-electron chi connectivity index (χ2n) is 7.88. The first-order valence-corrected chi connectivity index (χ1v) is 10.5. The first-order valence-electron chi connectivity index (χ1n) is 10.5. The number of nitroso groups, excluding NO2 is 1. The van der Waals surface area contributed by atoms with Gasteiger partial charge in [-0.3, -0.25) is 9.69 Å². The zero-order valence-corrected chi connectivity index (χ0v) is 17.4. The standard InChI is InChI=1S/C25H21N5O2/c31-25-22(15-18-9-11-19(29-32)12-10-18)28-24-21(14-17-6-2-1-3-7-17)27-23(16-30(24)25)20-8-4-5-13-26-20/h1-13,22,28H,14-16H2/p+1. The Balaban J connectivity index is 1.46. The van der Waals surface area contributed by atoms with Crippen LogP contribution in [0.2, 0.25) is 0 Å². The third-order valence-electron chi connectivity index (χ3n) is 5.71. The number of rotatable bonds is 6. The molecule has 3 heterocycles. The van der Waals surface area contributed by atoms with E-state index in [1.165, 1.54) is 0 Å². The van der Waals surface area contributed by atoms with Gasteiger partial charge in [0.05, 0.1) is 12.2 Å². The Morgan fingerprint density at radius 3 is 2.50 bits per heavy atom. The lowest BCUT2D eigenvalue weighted by molar-refractivity contribution is -0.380. The number of benzene rings is 2. The van der Waals surface area contributed by atoms with E-state index in [0.29, 0.717) is 25.1 Å². The van der Waals surface area contributed by atoms with E-state index >= 15 is 0 Å². The molecule has 0 spiro atoms. The van der Waals surface area contributed by atoms with E-state index < -0.39 is 0 Å². The van der Waals surface area contributed by atoms with Gasteiger partial charge in [0, 0.05) is 25.0 Å². The number of amides is 1. The van der Waals surface area contributed by atoms with Crippen molar-refractivity contribution in [2.24, 2.45) is 10.2 Å². The van der Waals surface area contributed by atoms with Crippen molar-refractivity contribution in [2.75, 3.05) is 6.54 Å². The van der Waals surface area contributed by atoms with Crippen molar-refractivity contribution >= 4 is 17.3 Å². The number of pyridine rings is 1. The fraction of sp³-hybridized carbons (Fsp3) is 0.160. The summed E-state index contributed by atoms with van der Waals surface area (Å²) in [6.45, 7) is 0.407. The number of aliphatic imine (C=N–C) groups is 1. The summed E-state index contributed by atoms with van der Waals surface area (Å²) >= 11 is 0. The van der Waals surface area contributed by atoms with Gasteiger partial charge >= 0.3 is 0 Å². The molecule has 0 saturated carbocycles. The van der Waals surface area contributed by atoms with Crippen molar-refractivity contribution in [1.82, 2.24) is 10.2 Å². The van der Waals surface area contributed by atoms with E-state index in [9.17, 15) is 9.70 Å². The number of nitrogens with one attached hydrogen (secondary N) is 2. The van der Waals surface area contributed by atoms with Crippen LogP contribution in [0.4, 0.5) is 5.69 Å². The highest BCUT2D eigenvalue weighted by Gasteiger charge is 2.40. The van der Waals surface area contributed by atoms with Crippen LogP contribution in [0.25, 0.3) is 0 Å². The molecule has 5 rings (SSSR count). The van der Waals surface area contributed by atoms with Gasteiger partial charge in [-0.25, -0.2) is 9.98 Å². The summed E-state index contributed by atoms with van der Waals surface area (Å²) < 4.78 is 0. The van der Waals surface area contributed by atoms with Crippen LogP contribution in [0.15, 0.2) is 101 Å². The molecular formula is C25H22N5O2+. The molecule has 32 heavy (non-hydrogen) atoms. The molecule has 1 saturated heterocycles. The van der Waals surface area contributed by atoms with Gasteiger partial charge in [-0.15, -0.1) is 4.91 Å². The minimum Gasteiger partial charge on any atom is -0.358 e. The van der Waals surface area contributed by atoms with Crippen LogP contribution < -0.4 is 10.3 Å². The van der Waals surface area contributed by atoms with Crippen LogP contribution in [0.1, 0.15) is 16.8 Å². The van der Waals surface area contributed by atoms with Gasteiger partial charge in [0.2, 0.25) is 5.69 Å². The Bertz CT molecular complexity index is 1200. The van der Waals surface area contributed by atoms with E-state index in [1.807, 2.05) is 54.7 Å². The zero-order valence-electron chi connectivity index (χ0n) is 17.4. The van der Waals surface area contributed by atoms with Crippen molar-refractivity contribution in [3.63, 3.8) is 0 Å². The SMILES string of the molecule is O=Nc1ccc(CC2NC3=C(Cc4ccccc4)N=C(c4cccc[nH+]4)CN3C2=O)cc1. The molecule has 1 atom stereocenters. The summed E-state index contributed by atoms with van der Waals surface area (Å²) in [5.41, 5.74) is 5.04. The summed E-state index contributed by atoms with van der Waals surface area (Å²) in [5.74, 6) is 0.793. The van der Waals surface area contributed by atoms with Crippen LogP contribution in [0, 0.1) is 4.91 Å². The number of fused-ring (bicyclic) bond motifs is 1. The second kappa shape index (κ2) is 8.55. The predicted octanol–water partition coefficient (Wildman–Crippen LogP) is 3.16. The smallest absolute Gasteiger partial charge is 0.251 e. The van der Waals surface area contributed by atoms with Gasteiger partial charge in [0.1, 0.15) is 23.3 Å². The van der Waals surface area contributed by atoms with Crippen molar-refractivity contribution in [2.45, 2.75) is 18.9 Å². The summed E-state index contributed by atoms with van der Waals surface area (Å²) in [5, 5.41) is 6.35. The van der Waals surface area contributed by atoms with E-state index in [4.69, 9.17) is 4.99 Å². The minimum atomic E-state index is -0.389. The number of hydrogen-bond acceptors (Lipinski definition) is 5. The van der Waals surface area contributed by atoms with Crippen molar-refractivity contribution < 1.29 is 9.78 Å². The number of carbonyl (C=O) groups is 1. The van der Waals surface area contributed by atoms with Gasteiger partial charge in [0.25, 0.3) is 5.91 Å². The molecular weight excluding hydrogens is 402 g/mol. The van der Waals surface area contributed by atoms with Crippen LogP contribution in [0.5, 0.6) is 0 Å². The van der Waals surface area contributed by atoms with Gasteiger partial charge < -0.3 is 5.32 Å². The van der Waals surface area contributed by atoms with Gasteiger partial charge in [-0.05, 0) is 34.5 Å². The molecule has 158 valence electrons. The van der Waals surface area contributed by atoms with Gasteiger partial charge in [0.15, 0.2) is 6.20 Å². The molecule has 0 bridgehead atoms. The Morgan fingerprint density at radius 1 is 1.00 bits per heavy atom. The highest BCUT2D eigenvalue weighted by atomic mass is 16.3. The third kappa shape index (κ3) is 3.92. The molecule has 2 aromatic carbocycles. The number of allylic oxidation sites excluding steroid dienone is 1. The maximum atomic E-state index is 13.3. The summed E-state index contributed by atoms with van der Waals surface area (Å²) in [6, 6.07) is 22.6. The lowest BCUT2D eigenvalue weighted by Gasteiger charge is -2.23. The van der Waals surface area contributed by atoms with Crippen molar-refractivity contribution in [3.05, 3.63) is 112 Å². The van der Waals surface area contributed by atoms with E-state index in [1.54, 1.807) is 17.0 Å². The number of H-pyrrole nitrogens is 1. The molecule has 2 N–H and O–H groups in total. The Labute approximate surface area is 185 Å². The molecule has 7 nitrogen and oxygen atoms in total. The maximum Gasteiger partial charge on any atom is 0.251 e. The van der Waals surface area contributed by atoms with E-state index in [0.717, 1.165) is 34.1 Å². The minimum absolute atomic E-state index is 0.0199. The fourth-order valence-electron chi connectivity index (χ4n) is 4.10. The molecule has 1 fully saturated rings. The first-order chi connectivity index (χ1) is 15.7. The lowest BCUT2D eigenvalue weighted by Crippen LogP contribution is -2.38. The maximum absolute atomic E-state index is 13.3. The number of aromatic amines is 1. The van der Waals surface area contributed by atoms with Crippen LogP contribution in [-0.4, -0.2) is 29.1 Å². The van der Waals surface area contributed by atoms with Crippen LogP contribution in [0.3, 0.4) is 0 Å². The Hall–Kier alpha value is -4.13. The largest absolute Gasteiger partial charge is 0.358 e. The first kappa shape index (κ1) is 19.8. The summed E-state index contributed by atoms with van der Waals surface area (Å²) in [4.78, 5) is 34.0. The molecule has 1 unspecified atom stereocenters. The number of carbonyl (C=O) groups excluding carboxylic acids is 1. The summed E-state index contributed by atoms with van der Waals surface area (Å²) in [7, 11) is 0. The van der Waals surface area contributed by atoms with Crippen LogP contribution in [-0.2, 0) is 17.6 Å². The van der Waals surface area contributed by atoms with Gasteiger partial charge in [-0.1, -0.05) is 42.5 Å². The number of aromatic nitrogens is 1. The van der Waals surface area contributed by atoms with Crippen molar-refractivity contribution in [1.29, 1.82) is 0 Å². The number of hydrogen-bond donors (Lipinski definition) is 1. The molecule has 0 radical (unpaired) electrons. The molecule has 7 heteroatoms. The third-order valence-corrected chi connectivity index (χ3v) is 5.71. The Kier molecular flexibility index (Phi) is 5.29. The average Bonchev–Trinajstić information content (AvgIpc) is 3.16. The normalized spacial score (nSPS) is 17.6. The predicted molar refractivity (Wildman–Crippen MR) is 121 cm³/mol. The van der Waals surface area contributed by atoms with Gasteiger partial charge in [-0.2, -0.15) is 0 Å². The second-order valence-corrected chi connectivity index (χ2v) is 7.88. The average molecular weight is 424 g/mol. The highest BCUT2D eigenvalue weighted by Crippen LogP contribution is 2.27. The zero-order chi connectivity index (χ0) is 21.9. The molecule has 0 aliphatic carbocycles. The van der Waals surface area contributed by atoms with Crippen molar-refractivity contribution in [3.8, 4) is 0 Å². The van der Waals surface area contributed by atoms with E-state index in [2.05, 4.69) is 27.6 Å². The fourth-order valence-corrected chi connectivity index (χ4v) is 4.10. The van der Waals surface area contributed by atoms with Crippen LogP contribution >= 0.6 is 0 Å². The molecule has 1 aromatic heterocycles. The lowest BCUT2D eigenvalue weighted by atomic mass is 10.1. The van der Waals surface area contributed by atoms with E-state index in [-0.39, 0.29) is 11.9 Å². The summed E-state index contributed by atoms with van der Waals surface area (Å²) in [6.07, 6.45) is 3.00. The topological polar surface area (TPSA) is 88.3 Å². The highest BCUT2D eigenvalue weighted by molar-refractivity contribution is 6.04. The number of nitrogens with zero attached hydrogens (tertiary/aromatic N) is 3. The molecule has 1 amide bonds.